The van der Waals surface area contributed by atoms with Crippen molar-refractivity contribution in [3.63, 3.8) is 0 Å². The molecule has 2 aliphatic heterocycles. The Morgan fingerprint density at radius 3 is 2.38 bits per heavy atom. The summed E-state index contributed by atoms with van der Waals surface area (Å²) in [4.78, 5) is 16.9. The van der Waals surface area contributed by atoms with Crippen LogP contribution in [0.4, 0.5) is 8.78 Å². The molecule has 1 amide bonds. The van der Waals surface area contributed by atoms with E-state index >= 15 is 0 Å². The van der Waals surface area contributed by atoms with Crippen molar-refractivity contribution in [2.75, 3.05) is 26.4 Å². The molecule has 4 rings (SSSR count). The van der Waals surface area contributed by atoms with Crippen molar-refractivity contribution >= 4 is 29.1 Å². The summed E-state index contributed by atoms with van der Waals surface area (Å²) < 4.78 is 48.3. The number of pyridine rings is 1. The molecule has 3 heterocycles. The van der Waals surface area contributed by atoms with E-state index in [4.69, 9.17) is 37.4 Å². The van der Waals surface area contributed by atoms with Crippen LogP contribution in [0.25, 0.3) is 0 Å². The molecule has 2 aromatic rings. The van der Waals surface area contributed by atoms with Crippen molar-refractivity contribution in [2.24, 2.45) is 10.4 Å². The Kier molecular flexibility index (Phi) is 6.45. The van der Waals surface area contributed by atoms with Gasteiger partial charge >= 0.3 is 6.61 Å². The first kappa shape index (κ1) is 22.6. The summed E-state index contributed by atoms with van der Waals surface area (Å²) in [5, 5.41) is 9.27. The average Bonchev–Trinajstić information content (AvgIpc) is 2.91. The van der Waals surface area contributed by atoms with E-state index in [1.54, 1.807) is 0 Å². The topological polar surface area (TPSA) is 91.5 Å². The fraction of sp³-hybridized carbons (Fsp3) is 0.400. The second-order valence-corrected chi connectivity index (χ2v) is 8.25. The number of hydrogen-bond donors (Lipinski definition) is 1. The average molecular weight is 491 g/mol. The molecule has 1 fully saturated rings. The minimum absolute atomic E-state index is 0.0430. The zero-order valence-electron chi connectivity index (χ0n) is 16.5. The Labute approximate surface area is 190 Å². The molecule has 8 nitrogen and oxygen atoms in total. The van der Waals surface area contributed by atoms with Crippen LogP contribution in [0.15, 0.2) is 29.5 Å². The number of nitrogens with zero attached hydrogens (tertiary/aromatic N) is 2. The second kappa shape index (κ2) is 9.13. The van der Waals surface area contributed by atoms with E-state index in [1.165, 1.54) is 12.1 Å². The normalized spacial score (nSPS) is 17.2. The van der Waals surface area contributed by atoms with Crippen LogP contribution >= 0.6 is 23.2 Å². The van der Waals surface area contributed by atoms with Crippen molar-refractivity contribution in [1.82, 2.24) is 4.73 Å². The molecule has 0 unspecified atom stereocenters. The van der Waals surface area contributed by atoms with Gasteiger partial charge in [0.05, 0.1) is 41.2 Å². The summed E-state index contributed by atoms with van der Waals surface area (Å²) >= 11 is 12.1. The van der Waals surface area contributed by atoms with Crippen LogP contribution in [-0.2, 0) is 4.74 Å². The first-order valence-corrected chi connectivity index (χ1v) is 10.3. The summed E-state index contributed by atoms with van der Waals surface area (Å²) in [6, 6.07) is 2.44. The summed E-state index contributed by atoms with van der Waals surface area (Å²) in [5.74, 6) is -1.21. The van der Waals surface area contributed by atoms with Crippen LogP contribution in [0.5, 0.6) is 17.2 Å². The largest absolute Gasteiger partial charge is 0.488 e. The number of halogens is 4. The van der Waals surface area contributed by atoms with Gasteiger partial charge in [-0.05, 0) is 25.0 Å². The van der Waals surface area contributed by atoms with Crippen LogP contribution in [-0.4, -0.2) is 48.9 Å². The van der Waals surface area contributed by atoms with Gasteiger partial charge in [-0.2, -0.15) is 13.5 Å². The van der Waals surface area contributed by atoms with Crippen molar-refractivity contribution in [3.05, 3.63) is 45.5 Å². The van der Waals surface area contributed by atoms with Crippen molar-refractivity contribution in [3.8, 4) is 17.2 Å². The highest BCUT2D eigenvalue weighted by Gasteiger charge is 2.39. The van der Waals surface area contributed by atoms with Gasteiger partial charge in [-0.3, -0.25) is 4.79 Å². The number of fused-ring (bicyclic) bond motifs is 1. The number of benzene rings is 1. The number of carbonyl (C=O) groups excluding carboxylic acids is 1. The van der Waals surface area contributed by atoms with Crippen LogP contribution in [0.3, 0.4) is 0 Å². The number of ether oxygens (including phenoxy) is 4. The second-order valence-electron chi connectivity index (χ2n) is 7.44. The Morgan fingerprint density at radius 2 is 1.75 bits per heavy atom. The lowest BCUT2D eigenvalue weighted by atomic mass is 9.82. The number of rotatable bonds is 3. The Bertz CT molecular complexity index is 1080. The lowest BCUT2D eigenvalue weighted by Crippen LogP contribution is -2.39. The lowest BCUT2D eigenvalue weighted by molar-refractivity contribution is -0.0526. The van der Waals surface area contributed by atoms with Gasteiger partial charge in [0.1, 0.15) is 5.36 Å². The Hall–Kier alpha value is -2.56. The Balaban J connectivity index is 1.76. The molecule has 1 saturated heterocycles. The van der Waals surface area contributed by atoms with Crippen LogP contribution in [0, 0.1) is 5.41 Å². The predicted octanol–water partition coefficient (Wildman–Crippen LogP) is 3.94. The highest BCUT2D eigenvalue weighted by atomic mass is 35.5. The van der Waals surface area contributed by atoms with Crippen molar-refractivity contribution < 1.29 is 37.7 Å². The molecule has 0 radical (unpaired) electrons. The SMILES string of the molecule is O=C(N=c1c(Cl)cn(O)cc1Cl)c1ccc(OC(F)F)c2c1OCC1(CCOCC1)CO2. The fourth-order valence-corrected chi connectivity index (χ4v) is 4.08. The molecular weight excluding hydrogens is 473 g/mol. The molecule has 1 spiro atoms. The molecule has 32 heavy (non-hydrogen) atoms. The quantitative estimate of drug-likeness (QED) is 0.655. The number of alkyl halides is 2. The molecular formula is C20H18Cl2F2N2O6. The molecule has 172 valence electrons. The minimum Gasteiger partial charge on any atom is -0.488 e. The van der Waals surface area contributed by atoms with E-state index in [1.807, 2.05) is 0 Å². The summed E-state index contributed by atoms with van der Waals surface area (Å²) in [6.07, 6.45) is 3.51. The third-order valence-electron chi connectivity index (χ3n) is 5.28. The summed E-state index contributed by atoms with van der Waals surface area (Å²) in [6.45, 7) is -1.69. The molecule has 2 aliphatic rings. The van der Waals surface area contributed by atoms with Crippen LogP contribution in [0.2, 0.25) is 10.0 Å². The zero-order chi connectivity index (χ0) is 22.9. The van der Waals surface area contributed by atoms with Crippen molar-refractivity contribution in [1.29, 1.82) is 0 Å². The fourth-order valence-electron chi connectivity index (χ4n) is 3.54. The van der Waals surface area contributed by atoms with Gasteiger partial charge in [0.2, 0.25) is 5.75 Å². The lowest BCUT2D eigenvalue weighted by Gasteiger charge is -2.34. The van der Waals surface area contributed by atoms with Gasteiger partial charge < -0.3 is 24.2 Å². The molecule has 0 aliphatic carbocycles. The molecule has 0 bridgehead atoms. The summed E-state index contributed by atoms with van der Waals surface area (Å²) in [5.41, 5.74) is -0.434. The maximum absolute atomic E-state index is 13.0. The van der Waals surface area contributed by atoms with Gasteiger partial charge in [0.15, 0.2) is 11.5 Å². The summed E-state index contributed by atoms with van der Waals surface area (Å²) in [7, 11) is 0. The smallest absolute Gasteiger partial charge is 0.387 e. The first-order valence-electron chi connectivity index (χ1n) is 9.59. The van der Waals surface area contributed by atoms with E-state index in [-0.39, 0.29) is 51.4 Å². The van der Waals surface area contributed by atoms with Gasteiger partial charge in [0.25, 0.3) is 5.91 Å². The molecule has 1 N–H and O–H groups in total. The monoisotopic (exact) mass is 490 g/mol. The molecule has 0 saturated carbocycles. The standard InChI is InChI=1S/C20H18Cl2F2N2O6/c21-12-7-26(28)8-13(22)15(12)25-18(27)11-1-2-14(32-19(23)24)17-16(11)30-9-20(10-31-17)3-5-29-6-4-20/h1-2,7-8,19,28H,3-6,9-10H2. The van der Waals surface area contributed by atoms with Gasteiger partial charge in [-0.15, -0.1) is 0 Å². The molecule has 1 aromatic carbocycles. The minimum atomic E-state index is -3.10. The zero-order valence-corrected chi connectivity index (χ0v) is 18.0. The van der Waals surface area contributed by atoms with E-state index < -0.39 is 17.9 Å². The molecule has 12 heteroatoms. The predicted molar refractivity (Wildman–Crippen MR) is 108 cm³/mol. The number of carbonyl (C=O) groups is 1. The highest BCUT2D eigenvalue weighted by molar-refractivity contribution is 6.34. The third kappa shape index (κ3) is 4.62. The van der Waals surface area contributed by atoms with E-state index in [2.05, 4.69) is 9.73 Å². The third-order valence-corrected chi connectivity index (χ3v) is 5.83. The number of amides is 1. The van der Waals surface area contributed by atoms with Gasteiger partial charge in [-0.25, -0.2) is 4.99 Å². The van der Waals surface area contributed by atoms with E-state index in [9.17, 15) is 18.8 Å². The number of aromatic nitrogens is 1. The van der Waals surface area contributed by atoms with Crippen molar-refractivity contribution in [2.45, 2.75) is 19.5 Å². The van der Waals surface area contributed by atoms with Gasteiger partial charge in [-0.1, -0.05) is 23.2 Å². The maximum Gasteiger partial charge on any atom is 0.387 e. The molecule has 1 aromatic heterocycles. The van der Waals surface area contributed by atoms with E-state index in [0.29, 0.717) is 30.8 Å². The first-order chi connectivity index (χ1) is 15.3. The maximum atomic E-state index is 13.0. The highest BCUT2D eigenvalue weighted by Crippen LogP contribution is 2.46. The van der Waals surface area contributed by atoms with Gasteiger partial charge in [0, 0.05) is 18.6 Å². The van der Waals surface area contributed by atoms with Crippen LogP contribution < -0.4 is 19.6 Å². The molecule has 0 atom stereocenters. The van der Waals surface area contributed by atoms with Crippen LogP contribution in [0.1, 0.15) is 23.2 Å². The Morgan fingerprint density at radius 1 is 1.12 bits per heavy atom. The number of hydrogen-bond acceptors (Lipinski definition) is 6. The van der Waals surface area contributed by atoms with E-state index in [0.717, 1.165) is 12.4 Å².